The van der Waals surface area contributed by atoms with E-state index in [1.807, 2.05) is 0 Å². The van der Waals surface area contributed by atoms with Crippen LogP contribution in [0.2, 0.25) is 0 Å². The van der Waals surface area contributed by atoms with Crippen molar-refractivity contribution in [3.05, 3.63) is 253 Å². The highest BCUT2D eigenvalue weighted by Crippen LogP contribution is 2.57. The fraction of sp³-hybridized carbons (Fsp3) is 0.0909. The van der Waals surface area contributed by atoms with Crippen LogP contribution in [0.4, 0.5) is 17.1 Å². The second kappa shape index (κ2) is 15.2. The van der Waals surface area contributed by atoms with Crippen LogP contribution < -0.4 is 4.90 Å². The maximum atomic E-state index is 2.54. The summed E-state index contributed by atoms with van der Waals surface area (Å²) in [5.41, 5.74) is 24.9. The van der Waals surface area contributed by atoms with Crippen LogP contribution in [-0.2, 0) is 10.8 Å². The van der Waals surface area contributed by atoms with Gasteiger partial charge in [0.1, 0.15) is 0 Å². The summed E-state index contributed by atoms with van der Waals surface area (Å²) >= 11 is 0. The van der Waals surface area contributed by atoms with Gasteiger partial charge in [-0.05, 0) is 163 Å². The molecule has 0 unspecified atom stereocenters. The third kappa shape index (κ3) is 6.17. The summed E-state index contributed by atoms with van der Waals surface area (Å²) in [6.07, 6.45) is 0. The molecule has 2 nitrogen and oxygen atoms in total. The predicted molar refractivity (Wildman–Crippen MR) is 287 cm³/mol. The van der Waals surface area contributed by atoms with Crippen molar-refractivity contribution in [1.29, 1.82) is 0 Å². The largest absolute Gasteiger partial charge is 0.310 e. The SMILES string of the molecule is CC1(C)c2ccc(-c3ccc4c(c3)c3ccccc3n4-c3ccccc3)cc2-c2cc3c(cc21)-c1ccc(N(c2ccc(-c4ccccc4)cc2)c2ccc(-c4ccccc4)cc2)cc1C3(C)C. The van der Waals surface area contributed by atoms with E-state index in [2.05, 4.69) is 268 Å². The molecule has 0 saturated carbocycles. The van der Waals surface area contributed by atoms with E-state index in [4.69, 9.17) is 0 Å². The van der Waals surface area contributed by atoms with Crippen molar-refractivity contribution in [3.63, 3.8) is 0 Å². The van der Waals surface area contributed by atoms with Gasteiger partial charge in [0, 0.05) is 44.4 Å². The van der Waals surface area contributed by atoms with Crippen molar-refractivity contribution >= 4 is 38.9 Å². The van der Waals surface area contributed by atoms with E-state index in [0.717, 1.165) is 17.1 Å². The van der Waals surface area contributed by atoms with Crippen LogP contribution in [0.1, 0.15) is 49.9 Å². The first-order chi connectivity index (χ1) is 33.2. The van der Waals surface area contributed by atoms with Gasteiger partial charge in [-0.2, -0.15) is 0 Å². The second-order valence-electron chi connectivity index (χ2n) is 19.8. The van der Waals surface area contributed by atoms with E-state index >= 15 is 0 Å². The highest BCUT2D eigenvalue weighted by atomic mass is 15.1. The lowest BCUT2D eigenvalue weighted by Crippen LogP contribution is -2.17. The number of benzene rings is 10. The summed E-state index contributed by atoms with van der Waals surface area (Å²) in [5, 5.41) is 2.54. The molecule has 2 aliphatic rings. The zero-order chi connectivity index (χ0) is 45.7. The minimum atomic E-state index is -0.224. The van der Waals surface area contributed by atoms with Crippen LogP contribution in [0.25, 0.3) is 83.1 Å². The highest BCUT2D eigenvalue weighted by molar-refractivity contribution is 6.10. The van der Waals surface area contributed by atoms with Crippen molar-refractivity contribution in [2.24, 2.45) is 0 Å². The Morgan fingerprint density at radius 3 is 1.37 bits per heavy atom. The Hall–Kier alpha value is -8.20. The summed E-state index contributed by atoms with van der Waals surface area (Å²) in [5.74, 6) is 0. The first-order valence-corrected chi connectivity index (χ1v) is 23.9. The molecule has 68 heavy (non-hydrogen) atoms. The molecular formula is C66H50N2. The van der Waals surface area contributed by atoms with Crippen LogP contribution >= 0.6 is 0 Å². The van der Waals surface area contributed by atoms with E-state index < -0.39 is 0 Å². The van der Waals surface area contributed by atoms with Crippen LogP contribution in [0.5, 0.6) is 0 Å². The zero-order valence-electron chi connectivity index (χ0n) is 38.8. The summed E-state index contributed by atoms with van der Waals surface area (Å²) in [6.45, 7) is 9.64. The fourth-order valence-corrected chi connectivity index (χ4v) is 11.6. The van der Waals surface area contributed by atoms with Crippen molar-refractivity contribution in [1.82, 2.24) is 4.57 Å². The monoisotopic (exact) mass is 870 g/mol. The quantitative estimate of drug-likeness (QED) is 0.155. The molecule has 0 atom stereocenters. The van der Waals surface area contributed by atoms with E-state index in [-0.39, 0.29) is 10.8 Å². The number of fused-ring (bicyclic) bond motifs is 9. The van der Waals surface area contributed by atoms with Gasteiger partial charge >= 0.3 is 0 Å². The van der Waals surface area contributed by atoms with Crippen molar-refractivity contribution in [3.8, 4) is 61.3 Å². The second-order valence-corrected chi connectivity index (χ2v) is 19.8. The number of nitrogens with zero attached hydrogens (tertiary/aromatic N) is 2. The maximum Gasteiger partial charge on any atom is 0.0541 e. The molecule has 2 heteroatoms. The molecule has 0 fully saturated rings. The molecule has 13 rings (SSSR count). The summed E-state index contributed by atoms with van der Waals surface area (Å²) in [4.78, 5) is 2.42. The van der Waals surface area contributed by atoms with Gasteiger partial charge in [0.15, 0.2) is 0 Å². The van der Waals surface area contributed by atoms with E-state index in [9.17, 15) is 0 Å². The standard InChI is InChI=1S/C66H50N2/c1-65(2)59-36-28-47(48-29-37-64-58(39-48)54-22-14-15-23-63(54)68(64)49-20-12-7-13-21-49)38-55(59)57-42-61-56(41-62(57)65)53-35-34-52(40-60(53)66(61,3)4)67(50-30-24-45(25-31-50)43-16-8-5-9-17-43)51-32-26-46(27-33-51)44-18-10-6-11-19-44/h5-42H,1-4H3. The molecule has 0 saturated heterocycles. The highest BCUT2D eigenvalue weighted by Gasteiger charge is 2.42. The summed E-state index contributed by atoms with van der Waals surface area (Å²) in [6, 6.07) is 85.3. The number of hydrogen-bond donors (Lipinski definition) is 0. The van der Waals surface area contributed by atoms with Gasteiger partial charge in [-0.3, -0.25) is 0 Å². The van der Waals surface area contributed by atoms with E-state index in [1.54, 1.807) is 0 Å². The molecule has 0 spiro atoms. The van der Waals surface area contributed by atoms with Gasteiger partial charge in [0.2, 0.25) is 0 Å². The Labute approximate surface area is 399 Å². The van der Waals surface area contributed by atoms with Crippen molar-refractivity contribution < 1.29 is 0 Å². The normalized spacial score (nSPS) is 13.8. The van der Waals surface area contributed by atoms with E-state index in [1.165, 1.54) is 105 Å². The molecule has 2 aliphatic carbocycles. The van der Waals surface area contributed by atoms with Crippen molar-refractivity contribution in [2.75, 3.05) is 4.90 Å². The first kappa shape index (κ1) is 40.1. The lowest BCUT2D eigenvalue weighted by atomic mass is 9.79. The summed E-state index contributed by atoms with van der Waals surface area (Å²) < 4.78 is 2.39. The van der Waals surface area contributed by atoms with Gasteiger partial charge in [0.25, 0.3) is 0 Å². The number of rotatable bonds is 7. The Morgan fingerprint density at radius 1 is 0.294 bits per heavy atom. The minimum Gasteiger partial charge on any atom is -0.310 e. The topological polar surface area (TPSA) is 8.17 Å². The zero-order valence-corrected chi connectivity index (χ0v) is 38.8. The van der Waals surface area contributed by atoms with Crippen molar-refractivity contribution in [2.45, 2.75) is 38.5 Å². The summed E-state index contributed by atoms with van der Waals surface area (Å²) in [7, 11) is 0. The Bertz CT molecular complexity index is 3660. The molecule has 1 heterocycles. The molecule has 11 aromatic rings. The van der Waals surface area contributed by atoms with Gasteiger partial charge in [0.05, 0.1) is 11.0 Å². The average molecular weight is 871 g/mol. The smallest absolute Gasteiger partial charge is 0.0541 e. The Kier molecular flexibility index (Phi) is 8.95. The van der Waals surface area contributed by atoms with Gasteiger partial charge in [-0.25, -0.2) is 0 Å². The van der Waals surface area contributed by atoms with Crippen LogP contribution in [0.15, 0.2) is 231 Å². The average Bonchev–Trinajstić information content (AvgIpc) is 3.92. The molecule has 0 N–H and O–H groups in total. The van der Waals surface area contributed by atoms with Crippen LogP contribution in [0, 0.1) is 0 Å². The predicted octanol–water partition coefficient (Wildman–Crippen LogP) is 17.9. The molecule has 0 aliphatic heterocycles. The number of anilines is 3. The molecule has 1 aromatic heterocycles. The van der Waals surface area contributed by atoms with E-state index in [0.29, 0.717) is 0 Å². The van der Waals surface area contributed by atoms with Gasteiger partial charge in [-0.1, -0.05) is 173 Å². The van der Waals surface area contributed by atoms with Crippen LogP contribution in [-0.4, -0.2) is 4.57 Å². The molecule has 324 valence electrons. The lowest BCUT2D eigenvalue weighted by Gasteiger charge is -2.28. The number of aromatic nitrogens is 1. The van der Waals surface area contributed by atoms with Gasteiger partial charge < -0.3 is 9.47 Å². The molecule has 0 amide bonds. The van der Waals surface area contributed by atoms with Crippen LogP contribution in [0.3, 0.4) is 0 Å². The molecular weight excluding hydrogens is 821 g/mol. The minimum absolute atomic E-state index is 0.146. The number of para-hydroxylation sites is 2. The third-order valence-corrected chi connectivity index (χ3v) is 15.2. The molecule has 0 radical (unpaired) electrons. The lowest BCUT2D eigenvalue weighted by molar-refractivity contribution is 0.652. The van der Waals surface area contributed by atoms with Gasteiger partial charge in [-0.15, -0.1) is 0 Å². The Morgan fingerprint density at radius 2 is 0.735 bits per heavy atom. The molecule has 0 bridgehead atoms. The first-order valence-electron chi connectivity index (χ1n) is 23.9. The number of hydrogen-bond acceptors (Lipinski definition) is 1. The Balaban J connectivity index is 0.894. The fourth-order valence-electron chi connectivity index (χ4n) is 11.6. The molecule has 10 aromatic carbocycles. The maximum absolute atomic E-state index is 2.54. The third-order valence-electron chi connectivity index (χ3n) is 15.2.